The lowest BCUT2D eigenvalue weighted by Crippen LogP contribution is -2.03. The molecular formula is C17H15NO4. The Kier molecular flexibility index (Phi) is 3.47. The molecule has 5 heteroatoms. The van der Waals surface area contributed by atoms with Crippen LogP contribution in [0.25, 0.3) is 11.6 Å². The van der Waals surface area contributed by atoms with Crippen molar-refractivity contribution in [2.75, 3.05) is 19.5 Å². The fourth-order valence-corrected chi connectivity index (χ4v) is 2.40. The van der Waals surface area contributed by atoms with E-state index in [-0.39, 0.29) is 11.7 Å². The predicted molar refractivity (Wildman–Crippen MR) is 84.2 cm³/mol. The van der Waals surface area contributed by atoms with Crippen molar-refractivity contribution in [2.45, 2.75) is 0 Å². The van der Waals surface area contributed by atoms with Crippen LogP contribution >= 0.6 is 0 Å². The standard InChI is InChI=1S/C17H15NO4/c1-21-15-8-12-13(7-10-3-5-11(19)6-4-10)17(20)18-14(12)9-16(15)22-2/h3-9,19H,1-2H3,(H,18,20). The molecule has 0 unspecified atom stereocenters. The van der Waals surface area contributed by atoms with Crippen molar-refractivity contribution in [3.05, 3.63) is 47.5 Å². The number of ether oxygens (including phenoxy) is 2. The number of benzene rings is 2. The number of amides is 1. The van der Waals surface area contributed by atoms with E-state index >= 15 is 0 Å². The smallest absolute Gasteiger partial charge is 0.256 e. The molecule has 3 rings (SSSR count). The summed E-state index contributed by atoms with van der Waals surface area (Å²) in [5, 5.41) is 12.1. The number of fused-ring (bicyclic) bond motifs is 1. The van der Waals surface area contributed by atoms with Gasteiger partial charge >= 0.3 is 0 Å². The minimum absolute atomic E-state index is 0.182. The summed E-state index contributed by atoms with van der Waals surface area (Å²) in [7, 11) is 3.10. The van der Waals surface area contributed by atoms with Gasteiger partial charge in [0.1, 0.15) is 5.75 Å². The van der Waals surface area contributed by atoms with E-state index in [1.54, 1.807) is 56.7 Å². The maximum Gasteiger partial charge on any atom is 0.256 e. The van der Waals surface area contributed by atoms with Gasteiger partial charge in [-0.2, -0.15) is 0 Å². The zero-order chi connectivity index (χ0) is 15.7. The monoisotopic (exact) mass is 297 g/mol. The van der Waals surface area contributed by atoms with Crippen LogP contribution in [0.2, 0.25) is 0 Å². The summed E-state index contributed by atoms with van der Waals surface area (Å²) in [6.07, 6.45) is 1.77. The molecule has 22 heavy (non-hydrogen) atoms. The number of phenols is 1. The molecule has 0 bridgehead atoms. The molecule has 1 aliphatic heterocycles. The molecule has 1 heterocycles. The van der Waals surface area contributed by atoms with Crippen LogP contribution in [0.4, 0.5) is 5.69 Å². The Hall–Kier alpha value is -2.95. The molecule has 5 nitrogen and oxygen atoms in total. The molecule has 0 spiro atoms. The van der Waals surface area contributed by atoms with Crippen molar-refractivity contribution in [2.24, 2.45) is 0 Å². The van der Waals surface area contributed by atoms with Gasteiger partial charge in [-0.15, -0.1) is 0 Å². The quantitative estimate of drug-likeness (QED) is 0.855. The van der Waals surface area contributed by atoms with Crippen molar-refractivity contribution in [3.8, 4) is 17.2 Å². The zero-order valence-electron chi connectivity index (χ0n) is 12.2. The lowest BCUT2D eigenvalue weighted by Gasteiger charge is -2.09. The number of hydrogen-bond donors (Lipinski definition) is 2. The fourth-order valence-electron chi connectivity index (χ4n) is 2.40. The van der Waals surface area contributed by atoms with Crippen LogP contribution in [0, 0.1) is 0 Å². The second-order valence-corrected chi connectivity index (χ2v) is 4.86. The Morgan fingerprint density at radius 2 is 1.68 bits per heavy atom. The van der Waals surface area contributed by atoms with Gasteiger partial charge in [0.25, 0.3) is 5.91 Å². The summed E-state index contributed by atoms with van der Waals surface area (Å²) in [4.78, 5) is 12.2. The first-order valence-corrected chi connectivity index (χ1v) is 6.71. The number of carbonyl (C=O) groups is 1. The molecule has 2 aromatic rings. The molecule has 1 amide bonds. The van der Waals surface area contributed by atoms with Gasteiger partial charge < -0.3 is 19.9 Å². The average molecular weight is 297 g/mol. The number of carbonyl (C=O) groups excluding carboxylic acids is 1. The summed E-state index contributed by atoms with van der Waals surface area (Å²) < 4.78 is 10.5. The molecule has 0 saturated carbocycles. The van der Waals surface area contributed by atoms with Crippen LogP contribution in [0.5, 0.6) is 17.2 Å². The van der Waals surface area contributed by atoms with Crippen LogP contribution in [0.15, 0.2) is 36.4 Å². The zero-order valence-corrected chi connectivity index (χ0v) is 12.2. The highest BCUT2D eigenvalue weighted by Crippen LogP contribution is 2.41. The molecule has 2 N–H and O–H groups in total. The molecule has 0 fully saturated rings. The van der Waals surface area contributed by atoms with Crippen LogP contribution in [-0.2, 0) is 4.79 Å². The Labute approximate surface area is 127 Å². The van der Waals surface area contributed by atoms with E-state index in [2.05, 4.69) is 5.32 Å². The average Bonchev–Trinajstić information content (AvgIpc) is 2.83. The first-order valence-electron chi connectivity index (χ1n) is 6.71. The van der Waals surface area contributed by atoms with Gasteiger partial charge in [-0.25, -0.2) is 0 Å². The van der Waals surface area contributed by atoms with Crippen LogP contribution in [-0.4, -0.2) is 25.2 Å². The van der Waals surface area contributed by atoms with E-state index in [1.807, 2.05) is 0 Å². The van der Waals surface area contributed by atoms with Crippen molar-refractivity contribution in [1.29, 1.82) is 0 Å². The maximum absolute atomic E-state index is 12.2. The summed E-state index contributed by atoms with van der Waals surface area (Å²) in [5.74, 6) is 1.13. The van der Waals surface area contributed by atoms with Crippen molar-refractivity contribution in [1.82, 2.24) is 0 Å². The third-order valence-corrected chi connectivity index (χ3v) is 3.51. The number of nitrogens with one attached hydrogen (secondary N) is 1. The third-order valence-electron chi connectivity index (χ3n) is 3.51. The normalized spacial score (nSPS) is 14.6. The number of methoxy groups -OCH3 is 2. The number of phenolic OH excluding ortho intramolecular Hbond substituents is 1. The van der Waals surface area contributed by atoms with Crippen LogP contribution < -0.4 is 14.8 Å². The van der Waals surface area contributed by atoms with Gasteiger partial charge in [0.05, 0.1) is 19.9 Å². The predicted octanol–water partition coefficient (Wildman–Crippen LogP) is 2.90. The van der Waals surface area contributed by atoms with Gasteiger partial charge in [-0.3, -0.25) is 4.79 Å². The highest BCUT2D eigenvalue weighted by atomic mass is 16.5. The molecular weight excluding hydrogens is 282 g/mol. The number of hydrogen-bond acceptors (Lipinski definition) is 4. The third kappa shape index (κ3) is 2.37. The Balaban J connectivity index is 2.09. The molecule has 1 aliphatic rings. The fraction of sp³-hybridized carbons (Fsp3) is 0.118. The van der Waals surface area contributed by atoms with E-state index in [0.29, 0.717) is 22.8 Å². The lowest BCUT2D eigenvalue weighted by molar-refractivity contribution is -0.110. The van der Waals surface area contributed by atoms with Crippen molar-refractivity contribution >= 4 is 23.2 Å². The van der Waals surface area contributed by atoms with Gasteiger partial charge in [0.2, 0.25) is 0 Å². The van der Waals surface area contributed by atoms with Gasteiger partial charge in [-0.1, -0.05) is 12.1 Å². The van der Waals surface area contributed by atoms with Gasteiger partial charge in [0, 0.05) is 17.2 Å². The second-order valence-electron chi connectivity index (χ2n) is 4.86. The van der Waals surface area contributed by atoms with E-state index in [4.69, 9.17) is 9.47 Å². The van der Waals surface area contributed by atoms with Crippen LogP contribution in [0.3, 0.4) is 0 Å². The molecule has 2 aromatic carbocycles. The highest BCUT2D eigenvalue weighted by Gasteiger charge is 2.26. The molecule has 0 atom stereocenters. The van der Waals surface area contributed by atoms with E-state index < -0.39 is 0 Å². The van der Waals surface area contributed by atoms with Crippen molar-refractivity contribution < 1.29 is 19.4 Å². The Bertz CT molecular complexity index is 763. The molecule has 0 saturated heterocycles. The number of anilines is 1. The topological polar surface area (TPSA) is 67.8 Å². The largest absolute Gasteiger partial charge is 0.508 e. The summed E-state index contributed by atoms with van der Waals surface area (Å²) in [6, 6.07) is 10.2. The van der Waals surface area contributed by atoms with Gasteiger partial charge in [-0.05, 0) is 29.8 Å². The molecule has 0 radical (unpaired) electrons. The first kappa shape index (κ1) is 14.0. The van der Waals surface area contributed by atoms with Gasteiger partial charge in [0.15, 0.2) is 11.5 Å². The SMILES string of the molecule is COc1cc2c(cc1OC)C(=Cc1ccc(O)cc1)C(=O)N2. The molecule has 112 valence electrons. The van der Waals surface area contributed by atoms with E-state index in [1.165, 1.54) is 0 Å². The Morgan fingerprint density at radius 1 is 1.05 bits per heavy atom. The number of rotatable bonds is 3. The summed E-state index contributed by atoms with van der Waals surface area (Å²) in [6.45, 7) is 0. The minimum Gasteiger partial charge on any atom is -0.508 e. The van der Waals surface area contributed by atoms with E-state index in [9.17, 15) is 9.90 Å². The molecule has 0 aromatic heterocycles. The lowest BCUT2D eigenvalue weighted by atomic mass is 10.0. The van der Waals surface area contributed by atoms with Crippen LogP contribution in [0.1, 0.15) is 11.1 Å². The van der Waals surface area contributed by atoms with E-state index in [0.717, 1.165) is 11.1 Å². The first-order chi connectivity index (χ1) is 10.6. The molecule has 0 aliphatic carbocycles. The number of aromatic hydroxyl groups is 1. The van der Waals surface area contributed by atoms with Crippen molar-refractivity contribution in [3.63, 3.8) is 0 Å². The second kappa shape index (κ2) is 5.44. The minimum atomic E-state index is -0.182. The highest BCUT2D eigenvalue weighted by molar-refractivity contribution is 6.35. The maximum atomic E-state index is 12.2. The Morgan fingerprint density at radius 3 is 2.32 bits per heavy atom. The summed E-state index contributed by atoms with van der Waals surface area (Å²) in [5.41, 5.74) is 2.82. The summed E-state index contributed by atoms with van der Waals surface area (Å²) >= 11 is 0.